The lowest BCUT2D eigenvalue weighted by atomic mass is 10.1. The summed E-state index contributed by atoms with van der Waals surface area (Å²) in [6, 6.07) is 10.1. The molecular formula is C19H18ClN3O5. The summed E-state index contributed by atoms with van der Waals surface area (Å²) in [6.45, 7) is 1.08. The lowest BCUT2D eigenvalue weighted by Gasteiger charge is -2.14. The minimum absolute atomic E-state index is 0.00521. The van der Waals surface area contributed by atoms with Gasteiger partial charge in [-0.25, -0.2) is 0 Å². The van der Waals surface area contributed by atoms with Gasteiger partial charge in [0.25, 0.3) is 17.5 Å². The number of nitrogens with zero attached hydrogens (tertiary/aromatic N) is 1. The molecule has 9 heteroatoms. The van der Waals surface area contributed by atoms with Gasteiger partial charge < -0.3 is 15.4 Å². The van der Waals surface area contributed by atoms with E-state index in [9.17, 15) is 19.7 Å². The maximum absolute atomic E-state index is 12.6. The van der Waals surface area contributed by atoms with Gasteiger partial charge in [0.15, 0.2) is 0 Å². The van der Waals surface area contributed by atoms with Gasteiger partial charge in [-0.1, -0.05) is 23.7 Å². The van der Waals surface area contributed by atoms with E-state index in [1.807, 2.05) is 0 Å². The van der Waals surface area contributed by atoms with Crippen LogP contribution >= 0.6 is 11.6 Å². The zero-order chi connectivity index (χ0) is 20.1. The highest BCUT2D eigenvalue weighted by Crippen LogP contribution is 2.24. The second-order valence-corrected chi connectivity index (χ2v) is 6.67. The van der Waals surface area contributed by atoms with E-state index in [-0.39, 0.29) is 39.5 Å². The van der Waals surface area contributed by atoms with Gasteiger partial charge in [0.2, 0.25) is 0 Å². The number of rotatable bonds is 6. The number of nitrogens with one attached hydrogen (secondary N) is 2. The average molecular weight is 404 g/mol. The van der Waals surface area contributed by atoms with Gasteiger partial charge in [0, 0.05) is 25.3 Å². The number of carbonyl (C=O) groups is 2. The SMILES string of the molecule is O=C(Nc1ccccc1C(=O)NC[C@@H]1CCCO1)c1cc([N+](=O)[O-])ccc1Cl. The van der Waals surface area contributed by atoms with E-state index in [0.717, 1.165) is 18.9 Å². The van der Waals surface area contributed by atoms with Crippen molar-refractivity contribution in [2.24, 2.45) is 0 Å². The third-order valence-electron chi connectivity index (χ3n) is 4.34. The molecule has 28 heavy (non-hydrogen) atoms. The molecule has 2 amide bonds. The van der Waals surface area contributed by atoms with Crippen LogP contribution in [0.1, 0.15) is 33.6 Å². The van der Waals surface area contributed by atoms with E-state index in [2.05, 4.69) is 10.6 Å². The smallest absolute Gasteiger partial charge is 0.270 e. The van der Waals surface area contributed by atoms with Crippen LogP contribution in [-0.2, 0) is 4.74 Å². The van der Waals surface area contributed by atoms with Crippen molar-refractivity contribution >= 4 is 34.8 Å². The second kappa shape index (κ2) is 8.81. The molecule has 0 spiro atoms. The Morgan fingerprint density at radius 1 is 1.18 bits per heavy atom. The molecule has 1 heterocycles. The van der Waals surface area contributed by atoms with Crippen LogP contribution in [0.4, 0.5) is 11.4 Å². The lowest BCUT2D eigenvalue weighted by Crippen LogP contribution is -2.32. The first-order valence-electron chi connectivity index (χ1n) is 8.70. The van der Waals surface area contributed by atoms with Crippen LogP contribution in [0.3, 0.4) is 0 Å². The summed E-state index contributed by atoms with van der Waals surface area (Å²) in [5.74, 6) is -0.996. The number of carbonyl (C=O) groups excluding carboxylic acids is 2. The van der Waals surface area contributed by atoms with Gasteiger partial charge in [-0.3, -0.25) is 19.7 Å². The van der Waals surface area contributed by atoms with Crippen LogP contribution in [0.5, 0.6) is 0 Å². The van der Waals surface area contributed by atoms with Crippen LogP contribution in [0.25, 0.3) is 0 Å². The molecule has 0 aliphatic carbocycles. The van der Waals surface area contributed by atoms with E-state index < -0.39 is 10.8 Å². The summed E-state index contributed by atoms with van der Waals surface area (Å²) in [6.07, 6.45) is 1.86. The molecule has 1 aliphatic heterocycles. The number of nitro groups is 1. The fraction of sp³-hybridized carbons (Fsp3) is 0.263. The number of ether oxygens (including phenoxy) is 1. The predicted molar refractivity (Wildman–Crippen MR) is 104 cm³/mol. The van der Waals surface area contributed by atoms with Crippen molar-refractivity contribution in [3.63, 3.8) is 0 Å². The van der Waals surface area contributed by atoms with Crippen molar-refractivity contribution < 1.29 is 19.2 Å². The molecule has 2 N–H and O–H groups in total. The predicted octanol–water partition coefficient (Wildman–Crippen LogP) is 3.41. The molecule has 1 saturated heterocycles. The monoisotopic (exact) mass is 403 g/mol. The summed E-state index contributed by atoms with van der Waals surface area (Å²) >= 11 is 6.01. The third kappa shape index (κ3) is 4.65. The Labute approximate surface area is 166 Å². The van der Waals surface area contributed by atoms with Crippen LogP contribution in [0, 0.1) is 10.1 Å². The Bertz CT molecular complexity index is 912. The normalized spacial score (nSPS) is 15.8. The molecule has 0 unspecified atom stereocenters. The van der Waals surface area contributed by atoms with Crippen LogP contribution in [0.2, 0.25) is 5.02 Å². The van der Waals surface area contributed by atoms with Gasteiger partial charge in [-0.2, -0.15) is 0 Å². The highest BCUT2D eigenvalue weighted by molar-refractivity contribution is 6.34. The van der Waals surface area contributed by atoms with Crippen LogP contribution in [-0.4, -0.2) is 36.0 Å². The second-order valence-electron chi connectivity index (χ2n) is 6.27. The number of non-ortho nitro benzene ring substituents is 1. The first kappa shape index (κ1) is 19.8. The number of halogens is 1. The molecule has 2 aromatic rings. The molecule has 1 fully saturated rings. The number of hydrogen-bond donors (Lipinski definition) is 2. The molecule has 3 rings (SSSR count). The van der Waals surface area contributed by atoms with Crippen LogP contribution < -0.4 is 10.6 Å². The zero-order valence-corrected chi connectivity index (χ0v) is 15.6. The van der Waals surface area contributed by atoms with E-state index in [1.54, 1.807) is 24.3 Å². The van der Waals surface area contributed by atoms with E-state index in [1.165, 1.54) is 12.1 Å². The first-order chi connectivity index (χ1) is 13.5. The standard InChI is InChI=1S/C19H18ClN3O5/c20-16-8-7-12(23(26)27)10-15(16)19(25)22-17-6-2-1-5-14(17)18(24)21-11-13-4-3-9-28-13/h1-2,5-8,10,13H,3-4,9,11H2,(H,21,24)(H,22,25)/t13-/m0/s1. The van der Waals surface area contributed by atoms with Crippen molar-refractivity contribution in [1.82, 2.24) is 5.32 Å². The van der Waals surface area contributed by atoms with Crippen molar-refractivity contribution in [3.8, 4) is 0 Å². The summed E-state index contributed by atoms with van der Waals surface area (Å²) in [5.41, 5.74) is 0.248. The van der Waals surface area contributed by atoms with Gasteiger partial charge in [-0.05, 0) is 31.0 Å². The molecule has 0 radical (unpaired) electrons. The maximum atomic E-state index is 12.6. The topological polar surface area (TPSA) is 111 Å². The molecule has 0 saturated carbocycles. The molecule has 0 aromatic heterocycles. The highest BCUT2D eigenvalue weighted by atomic mass is 35.5. The Morgan fingerprint density at radius 3 is 2.68 bits per heavy atom. The fourth-order valence-corrected chi connectivity index (χ4v) is 3.09. The van der Waals surface area contributed by atoms with E-state index in [4.69, 9.17) is 16.3 Å². The summed E-state index contributed by atoms with van der Waals surface area (Å²) in [7, 11) is 0. The Morgan fingerprint density at radius 2 is 1.96 bits per heavy atom. The quantitative estimate of drug-likeness (QED) is 0.567. The number of anilines is 1. The molecule has 2 aromatic carbocycles. The molecule has 0 bridgehead atoms. The fourth-order valence-electron chi connectivity index (χ4n) is 2.89. The number of nitro benzene ring substituents is 1. The highest BCUT2D eigenvalue weighted by Gasteiger charge is 2.20. The molecule has 1 atom stereocenters. The molecule has 1 aliphatic rings. The minimum Gasteiger partial charge on any atom is -0.376 e. The molecular weight excluding hydrogens is 386 g/mol. The van der Waals surface area contributed by atoms with Gasteiger partial charge in [0.1, 0.15) is 0 Å². The Hall–Kier alpha value is -2.97. The van der Waals surface area contributed by atoms with Gasteiger partial charge in [-0.15, -0.1) is 0 Å². The van der Waals surface area contributed by atoms with E-state index in [0.29, 0.717) is 13.2 Å². The lowest BCUT2D eigenvalue weighted by molar-refractivity contribution is -0.384. The maximum Gasteiger partial charge on any atom is 0.270 e. The molecule has 8 nitrogen and oxygen atoms in total. The number of hydrogen-bond acceptors (Lipinski definition) is 5. The average Bonchev–Trinajstić information content (AvgIpc) is 3.20. The Kier molecular flexibility index (Phi) is 6.23. The van der Waals surface area contributed by atoms with Gasteiger partial charge in [0.05, 0.1) is 32.9 Å². The number of benzene rings is 2. The number of para-hydroxylation sites is 1. The van der Waals surface area contributed by atoms with Crippen molar-refractivity contribution in [3.05, 3.63) is 68.7 Å². The van der Waals surface area contributed by atoms with E-state index >= 15 is 0 Å². The zero-order valence-electron chi connectivity index (χ0n) is 14.8. The minimum atomic E-state index is -0.645. The van der Waals surface area contributed by atoms with Crippen molar-refractivity contribution in [1.29, 1.82) is 0 Å². The summed E-state index contributed by atoms with van der Waals surface area (Å²) in [5, 5.41) is 16.4. The Balaban J connectivity index is 1.75. The number of amides is 2. The van der Waals surface area contributed by atoms with Gasteiger partial charge >= 0.3 is 0 Å². The van der Waals surface area contributed by atoms with Crippen LogP contribution in [0.15, 0.2) is 42.5 Å². The summed E-state index contributed by atoms with van der Waals surface area (Å²) < 4.78 is 5.48. The first-order valence-corrected chi connectivity index (χ1v) is 9.07. The molecule has 146 valence electrons. The third-order valence-corrected chi connectivity index (χ3v) is 4.67. The van der Waals surface area contributed by atoms with Crippen molar-refractivity contribution in [2.75, 3.05) is 18.5 Å². The van der Waals surface area contributed by atoms with Crippen molar-refractivity contribution in [2.45, 2.75) is 18.9 Å². The largest absolute Gasteiger partial charge is 0.376 e. The summed E-state index contributed by atoms with van der Waals surface area (Å²) in [4.78, 5) is 35.4.